The van der Waals surface area contributed by atoms with Gasteiger partial charge in [-0.2, -0.15) is 0 Å². The van der Waals surface area contributed by atoms with Crippen LogP contribution in [0.2, 0.25) is 0 Å². The topological polar surface area (TPSA) is 93.0 Å². The third kappa shape index (κ3) is 1.38. The van der Waals surface area contributed by atoms with E-state index in [9.17, 15) is 10.1 Å². The number of amidine groups is 1. The number of hydrogen-bond donors (Lipinski definition) is 2. The zero-order valence-electron chi connectivity index (χ0n) is 4.05. The molecule has 0 fully saturated rings. The molecule has 0 aliphatic carbocycles. The second-order valence-corrected chi connectivity index (χ2v) is 1.12. The molecule has 0 rings (SSSR count). The van der Waals surface area contributed by atoms with Crippen LogP contribution in [0, 0.1) is 15.5 Å². The van der Waals surface area contributed by atoms with E-state index in [2.05, 4.69) is 12.3 Å². The smallest absolute Gasteiger partial charge is 0.303 e. The van der Waals surface area contributed by atoms with Gasteiger partial charge in [0.05, 0.1) is 4.92 Å². The van der Waals surface area contributed by atoms with Gasteiger partial charge in [0, 0.05) is 0 Å². The summed E-state index contributed by atoms with van der Waals surface area (Å²) >= 11 is 0. The summed E-state index contributed by atoms with van der Waals surface area (Å²) in [5, 5.41) is 16.1. The van der Waals surface area contributed by atoms with Crippen molar-refractivity contribution in [2.45, 2.75) is 0 Å². The molecule has 0 aromatic rings. The van der Waals surface area contributed by atoms with Gasteiger partial charge in [0.2, 0.25) is 0 Å². The number of hydrogen-bond acceptors (Lipinski definition) is 3. The van der Waals surface area contributed by atoms with Crippen LogP contribution in [0.1, 0.15) is 0 Å². The summed E-state index contributed by atoms with van der Waals surface area (Å²) in [5.41, 5.74) is 4.11. The first kappa shape index (κ1) is 6.61. The summed E-state index contributed by atoms with van der Waals surface area (Å²) < 4.78 is 0. The average Bonchev–Trinajstić information content (AvgIpc) is 1.64. The number of nitrogens with one attached hydrogen (secondary N) is 1. The Labute approximate surface area is 45.5 Å². The van der Waals surface area contributed by atoms with Crippen molar-refractivity contribution < 1.29 is 4.92 Å². The molecular formula is C3H5N3O2. The molecule has 0 radical (unpaired) electrons. The Morgan fingerprint density at radius 1 is 1.88 bits per heavy atom. The molecule has 0 amide bonds. The van der Waals surface area contributed by atoms with Crippen molar-refractivity contribution in [1.82, 2.24) is 0 Å². The Kier molecular flexibility index (Phi) is 1.70. The summed E-state index contributed by atoms with van der Waals surface area (Å²) in [6.07, 6.45) is 0. The van der Waals surface area contributed by atoms with Gasteiger partial charge in [-0.3, -0.25) is 15.5 Å². The van der Waals surface area contributed by atoms with Gasteiger partial charge < -0.3 is 5.73 Å². The van der Waals surface area contributed by atoms with E-state index in [1.807, 2.05) is 0 Å². The number of nitro groups is 1. The Bertz CT molecular complexity index is 135. The first-order valence-electron chi connectivity index (χ1n) is 1.73. The molecule has 0 aromatic carbocycles. The SMILES string of the molecule is C=C(C(=N)N)[N+](=O)[O-]. The summed E-state index contributed by atoms with van der Waals surface area (Å²) in [7, 11) is 0. The van der Waals surface area contributed by atoms with Crippen LogP contribution in [0.15, 0.2) is 12.3 Å². The number of rotatable bonds is 2. The van der Waals surface area contributed by atoms with Crippen molar-refractivity contribution in [1.29, 1.82) is 5.41 Å². The standard InChI is InChI=1S/C3H5N3O2/c1-2(3(4)5)6(7)8/h1H2,(H3,4,5). The molecule has 0 saturated carbocycles. The zero-order valence-corrected chi connectivity index (χ0v) is 4.05. The highest BCUT2D eigenvalue weighted by Crippen LogP contribution is 1.85. The fourth-order valence-corrected chi connectivity index (χ4v) is 0.0983. The fourth-order valence-electron chi connectivity index (χ4n) is 0.0983. The Morgan fingerprint density at radius 3 is 2.25 bits per heavy atom. The first-order valence-corrected chi connectivity index (χ1v) is 1.73. The van der Waals surface area contributed by atoms with E-state index < -0.39 is 16.5 Å². The van der Waals surface area contributed by atoms with E-state index in [1.54, 1.807) is 0 Å². The maximum Gasteiger partial charge on any atom is 0.303 e. The molecule has 44 valence electrons. The van der Waals surface area contributed by atoms with Gasteiger partial charge in [0.25, 0.3) is 0 Å². The van der Waals surface area contributed by atoms with Crippen LogP contribution in [-0.2, 0) is 0 Å². The summed E-state index contributed by atoms with van der Waals surface area (Å²) in [5.74, 6) is -0.602. The van der Waals surface area contributed by atoms with Gasteiger partial charge in [-0.05, 0) is 6.58 Å². The summed E-state index contributed by atoms with van der Waals surface area (Å²) in [4.78, 5) is 8.82. The number of nitrogens with zero attached hydrogens (tertiary/aromatic N) is 1. The lowest BCUT2D eigenvalue weighted by atomic mass is 10.5. The van der Waals surface area contributed by atoms with Crippen LogP contribution in [0.25, 0.3) is 0 Å². The lowest BCUT2D eigenvalue weighted by Crippen LogP contribution is -2.17. The van der Waals surface area contributed by atoms with E-state index in [4.69, 9.17) is 5.41 Å². The maximum atomic E-state index is 9.63. The minimum Gasteiger partial charge on any atom is -0.378 e. The predicted molar refractivity (Wildman–Crippen MR) is 28.0 cm³/mol. The van der Waals surface area contributed by atoms with E-state index in [0.717, 1.165) is 0 Å². The maximum absolute atomic E-state index is 9.63. The van der Waals surface area contributed by atoms with E-state index in [-0.39, 0.29) is 0 Å². The summed E-state index contributed by atoms with van der Waals surface area (Å²) in [6, 6.07) is 0. The minimum atomic E-state index is -0.803. The van der Waals surface area contributed by atoms with Crippen molar-refractivity contribution in [3.05, 3.63) is 22.4 Å². The average molecular weight is 115 g/mol. The fraction of sp³-hybridized carbons (Fsp3) is 0. The second-order valence-electron chi connectivity index (χ2n) is 1.12. The molecule has 5 nitrogen and oxygen atoms in total. The molecule has 0 atom stereocenters. The van der Waals surface area contributed by atoms with E-state index in [0.29, 0.717) is 0 Å². The molecule has 5 heteroatoms. The zero-order chi connectivity index (χ0) is 6.73. The molecular weight excluding hydrogens is 110 g/mol. The van der Waals surface area contributed by atoms with Crippen LogP contribution in [0.4, 0.5) is 0 Å². The molecule has 0 bridgehead atoms. The molecule has 8 heavy (non-hydrogen) atoms. The first-order chi connectivity index (χ1) is 3.55. The lowest BCUT2D eigenvalue weighted by Gasteiger charge is -1.87. The highest BCUT2D eigenvalue weighted by Gasteiger charge is 2.07. The van der Waals surface area contributed by atoms with Crippen LogP contribution >= 0.6 is 0 Å². The van der Waals surface area contributed by atoms with E-state index >= 15 is 0 Å². The van der Waals surface area contributed by atoms with Crippen LogP contribution < -0.4 is 5.73 Å². The van der Waals surface area contributed by atoms with Gasteiger partial charge in [-0.15, -0.1) is 0 Å². The third-order valence-electron chi connectivity index (χ3n) is 0.531. The van der Waals surface area contributed by atoms with Crippen molar-refractivity contribution in [2.24, 2.45) is 5.73 Å². The molecule has 0 aromatic heterocycles. The van der Waals surface area contributed by atoms with Crippen molar-refractivity contribution in [2.75, 3.05) is 0 Å². The van der Waals surface area contributed by atoms with Gasteiger partial charge in [0.15, 0.2) is 5.84 Å². The van der Waals surface area contributed by atoms with Gasteiger partial charge in [-0.1, -0.05) is 0 Å². The molecule has 0 spiro atoms. The van der Waals surface area contributed by atoms with Crippen LogP contribution in [-0.4, -0.2) is 10.8 Å². The molecule has 0 aliphatic heterocycles. The minimum absolute atomic E-state index is 0.565. The van der Waals surface area contributed by atoms with Crippen LogP contribution in [0.3, 0.4) is 0 Å². The molecule has 0 saturated heterocycles. The second kappa shape index (κ2) is 2.06. The van der Waals surface area contributed by atoms with Crippen molar-refractivity contribution in [3.8, 4) is 0 Å². The Hall–Kier alpha value is -1.39. The lowest BCUT2D eigenvalue weighted by molar-refractivity contribution is -0.414. The molecule has 0 aliphatic rings. The Balaban J connectivity index is 4.05. The van der Waals surface area contributed by atoms with Crippen LogP contribution in [0.5, 0.6) is 0 Å². The third-order valence-corrected chi connectivity index (χ3v) is 0.531. The van der Waals surface area contributed by atoms with E-state index in [1.165, 1.54) is 0 Å². The summed E-state index contributed by atoms with van der Waals surface area (Å²) in [6.45, 7) is 2.91. The monoisotopic (exact) mass is 115 g/mol. The normalized spacial score (nSPS) is 8.00. The Morgan fingerprint density at radius 2 is 2.25 bits per heavy atom. The van der Waals surface area contributed by atoms with Crippen molar-refractivity contribution >= 4 is 5.84 Å². The molecule has 3 N–H and O–H groups in total. The highest BCUT2D eigenvalue weighted by molar-refractivity contribution is 5.91. The molecule has 0 unspecified atom stereocenters. The highest BCUT2D eigenvalue weighted by atomic mass is 16.6. The van der Waals surface area contributed by atoms with Gasteiger partial charge in [-0.25, -0.2) is 0 Å². The molecule has 0 heterocycles. The largest absolute Gasteiger partial charge is 0.378 e. The number of nitrogens with two attached hydrogens (primary N) is 1. The van der Waals surface area contributed by atoms with Gasteiger partial charge >= 0.3 is 5.70 Å². The quantitative estimate of drug-likeness (QED) is 0.224. The predicted octanol–water partition coefficient (Wildman–Crippen LogP) is -0.287. The van der Waals surface area contributed by atoms with Gasteiger partial charge in [0.1, 0.15) is 0 Å². The van der Waals surface area contributed by atoms with Crippen molar-refractivity contribution in [3.63, 3.8) is 0 Å².